The van der Waals surface area contributed by atoms with Crippen molar-refractivity contribution in [2.75, 3.05) is 13.2 Å². The molecule has 15 heavy (non-hydrogen) atoms. The van der Waals surface area contributed by atoms with E-state index < -0.39 is 5.97 Å². The molecule has 0 saturated heterocycles. The zero-order valence-electron chi connectivity index (χ0n) is 8.66. The topological polar surface area (TPSA) is 55.8 Å². The Hall–Kier alpha value is -1.71. The van der Waals surface area contributed by atoms with E-state index >= 15 is 0 Å². The molecule has 0 atom stereocenters. The van der Waals surface area contributed by atoms with Gasteiger partial charge in [0.1, 0.15) is 13.2 Å². The van der Waals surface area contributed by atoms with Gasteiger partial charge in [-0.05, 0) is 31.0 Å². The summed E-state index contributed by atoms with van der Waals surface area (Å²) in [5, 5.41) is 9.00. The minimum atomic E-state index is -0.937. The van der Waals surface area contributed by atoms with Crippen LogP contribution in [-0.4, -0.2) is 24.3 Å². The number of carbonyl (C=O) groups is 1. The maximum absolute atomic E-state index is 11.0. The van der Waals surface area contributed by atoms with Crippen LogP contribution < -0.4 is 9.47 Å². The van der Waals surface area contributed by atoms with Gasteiger partial charge in [0.2, 0.25) is 0 Å². The number of hydrogen-bond acceptors (Lipinski definition) is 3. The maximum Gasteiger partial charge on any atom is 0.336 e. The molecule has 0 spiro atoms. The van der Waals surface area contributed by atoms with Gasteiger partial charge in [0, 0.05) is 0 Å². The number of ether oxygens (including phenoxy) is 2. The van der Waals surface area contributed by atoms with E-state index in [2.05, 4.69) is 0 Å². The fourth-order valence-electron chi connectivity index (χ4n) is 1.67. The number of benzene rings is 1. The van der Waals surface area contributed by atoms with Crippen LogP contribution in [-0.2, 0) is 0 Å². The van der Waals surface area contributed by atoms with Gasteiger partial charge < -0.3 is 14.6 Å². The molecule has 1 heterocycles. The normalized spacial score (nSPS) is 13.7. The monoisotopic (exact) mass is 208 g/mol. The van der Waals surface area contributed by atoms with E-state index in [-0.39, 0.29) is 5.56 Å². The van der Waals surface area contributed by atoms with Crippen LogP contribution in [0, 0.1) is 13.8 Å². The lowest BCUT2D eigenvalue weighted by molar-refractivity contribution is 0.0694. The lowest BCUT2D eigenvalue weighted by atomic mass is 10.0. The summed E-state index contributed by atoms with van der Waals surface area (Å²) in [6.07, 6.45) is 0. The average Bonchev–Trinajstić information content (AvgIpc) is 2.23. The Balaban J connectivity index is 2.63. The second-order valence-corrected chi connectivity index (χ2v) is 3.50. The number of hydrogen-bond donors (Lipinski definition) is 1. The number of carboxylic acid groups (broad SMARTS) is 1. The summed E-state index contributed by atoms with van der Waals surface area (Å²) in [7, 11) is 0. The van der Waals surface area contributed by atoms with E-state index in [4.69, 9.17) is 14.6 Å². The molecule has 0 radical (unpaired) electrons. The SMILES string of the molecule is Cc1c(C(=O)O)cc2c(c1C)OCCO2. The first-order chi connectivity index (χ1) is 7.11. The summed E-state index contributed by atoms with van der Waals surface area (Å²) in [5.41, 5.74) is 1.84. The molecule has 0 amide bonds. The fraction of sp³-hybridized carbons (Fsp3) is 0.364. The molecule has 0 bridgehead atoms. The predicted molar refractivity (Wildman–Crippen MR) is 53.9 cm³/mol. The molecule has 0 saturated carbocycles. The quantitative estimate of drug-likeness (QED) is 0.764. The largest absolute Gasteiger partial charge is 0.486 e. The van der Waals surface area contributed by atoms with Crippen LogP contribution in [0.15, 0.2) is 6.07 Å². The molecule has 1 aliphatic rings. The Labute approximate surface area is 87.4 Å². The number of rotatable bonds is 1. The second-order valence-electron chi connectivity index (χ2n) is 3.50. The first-order valence-corrected chi connectivity index (χ1v) is 4.74. The lowest BCUT2D eigenvalue weighted by Gasteiger charge is -2.22. The highest BCUT2D eigenvalue weighted by Crippen LogP contribution is 2.37. The third kappa shape index (κ3) is 1.52. The smallest absolute Gasteiger partial charge is 0.336 e. The Bertz CT molecular complexity index is 423. The average molecular weight is 208 g/mol. The summed E-state index contributed by atoms with van der Waals surface area (Å²) >= 11 is 0. The van der Waals surface area contributed by atoms with Crippen LogP contribution >= 0.6 is 0 Å². The lowest BCUT2D eigenvalue weighted by Crippen LogP contribution is -2.17. The standard InChI is InChI=1S/C11H12O4/c1-6-7(2)10-9(14-3-4-15-10)5-8(6)11(12)13/h5H,3-4H2,1-2H3,(H,12,13). The van der Waals surface area contributed by atoms with E-state index in [1.54, 1.807) is 6.92 Å². The van der Waals surface area contributed by atoms with Crippen LogP contribution in [0.4, 0.5) is 0 Å². The van der Waals surface area contributed by atoms with Gasteiger partial charge in [-0.15, -0.1) is 0 Å². The Morgan fingerprint density at radius 1 is 1.27 bits per heavy atom. The first kappa shape index (κ1) is 9.83. The van der Waals surface area contributed by atoms with Crippen molar-refractivity contribution in [1.29, 1.82) is 0 Å². The molecule has 0 aromatic heterocycles. The van der Waals surface area contributed by atoms with Crippen molar-refractivity contribution >= 4 is 5.97 Å². The zero-order valence-corrected chi connectivity index (χ0v) is 8.66. The Kier molecular flexibility index (Phi) is 2.26. The third-order valence-corrected chi connectivity index (χ3v) is 2.62. The third-order valence-electron chi connectivity index (χ3n) is 2.62. The van der Waals surface area contributed by atoms with Gasteiger partial charge in [-0.2, -0.15) is 0 Å². The molecule has 80 valence electrons. The molecule has 1 aromatic rings. The number of aromatic carboxylic acids is 1. The van der Waals surface area contributed by atoms with Gasteiger partial charge in [-0.1, -0.05) is 0 Å². The molecule has 0 aliphatic carbocycles. The highest BCUT2D eigenvalue weighted by molar-refractivity contribution is 5.91. The van der Waals surface area contributed by atoms with Gasteiger partial charge in [0.15, 0.2) is 11.5 Å². The van der Waals surface area contributed by atoms with Gasteiger partial charge in [0.25, 0.3) is 0 Å². The van der Waals surface area contributed by atoms with Crippen LogP contribution in [0.1, 0.15) is 21.5 Å². The van der Waals surface area contributed by atoms with Gasteiger partial charge in [-0.3, -0.25) is 0 Å². The van der Waals surface area contributed by atoms with E-state index in [9.17, 15) is 4.79 Å². The van der Waals surface area contributed by atoms with Crippen molar-refractivity contribution in [1.82, 2.24) is 0 Å². The summed E-state index contributed by atoms with van der Waals surface area (Å²) in [5.74, 6) is 0.262. The van der Waals surface area contributed by atoms with Crippen LogP contribution in [0.5, 0.6) is 11.5 Å². The van der Waals surface area contributed by atoms with E-state index in [1.807, 2.05) is 6.92 Å². The minimum Gasteiger partial charge on any atom is -0.486 e. The maximum atomic E-state index is 11.0. The minimum absolute atomic E-state index is 0.275. The molecule has 0 unspecified atom stereocenters. The first-order valence-electron chi connectivity index (χ1n) is 4.74. The Morgan fingerprint density at radius 3 is 2.60 bits per heavy atom. The fourth-order valence-corrected chi connectivity index (χ4v) is 1.67. The molecular weight excluding hydrogens is 196 g/mol. The van der Waals surface area contributed by atoms with E-state index in [0.29, 0.717) is 24.7 Å². The summed E-state index contributed by atoms with van der Waals surface area (Å²) in [6, 6.07) is 1.53. The van der Waals surface area contributed by atoms with Gasteiger partial charge in [-0.25, -0.2) is 4.79 Å². The van der Waals surface area contributed by atoms with Crippen molar-refractivity contribution in [2.24, 2.45) is 0 Å². The van der Waals surface area contributed by atoms with Crippen LogP contribution in [0.3, 0.4) is 0 Å². The molecular formula is C11H12O4. The van der Waals surface area contributed by atoms with E-state index in [1.165, 1.54) is 6.07 Å². The molecule has 1 aromatic carbocycles. The van der Waals surface area contributed by atoms with E-state index in [0.717, 1.165) is 11.1 Å². The second kappa shape index (κ2) is 3.46. The van der Waals surface area contributed by atoms with Crippen LogP contribution in [0.2, 0.25) is 0 Å². The summed E-state index contributed by atoms with van der Waals surface area (Å²) in [6.45, 7) is 4.60. The molecule has 1 aliphatic heterocycles. The van der Waals surface area contributed by atoms with Crippen molar-refractivity contribution in [3.63, 3.8) is 0 Å². The van der Waals surface area contributed by atoms with Gasteiger partial charge >= 0.3 is 5.97 Å². The van der Waals surface area contributed by atoms with Crippen molar-refractivity contribution in [3.05, 3.63) is 22.8 Å². The Morgan fingerprint density at radius 2 is 1.93 bits per heavy atom. The molecule has 0 fully saturated rings. The summed E-state index contributed by atoms with van der Waals surface area (Å²) in [4.78, 5) is 11.0. The zero-order chi connectivity index (χ0) is 11.0. The predicted octanol–water partition coefficient (Wildman–Crippen LogP) is 1.77. The summed E-state index contributed by atoms with van der Waals surface area (Å²) < 4.78 is 10.8. The van der Waals surface area contributed by atoms with Gasteiger partial charge in [0.05, 0.1) is 5.56 Å². The van der Waals surface area contributed by atoms with Crippen molar-refractivity contribution < 1.29 is 19.4 Å². The highest BCUT2D eigenvalue weighted by Gasteiger charge is 2.20. The molecule has 4 heteroatoms. The molecule has 1 N–H and O–H groups in total. The van der Waals surface area contributed by atoms with Crippen molar-refractivity contribution in [3.8, 4) is 11.5 Å². The highest BCUT2D eigenvalue weighted by atomic mass is 16.6. The molecule has 2 rings (SSSR count). The van der Waals surface area contributed by atoms with Crippen LogP contribution in [0.25, 0.3) is 0 Å². The van der Waals surface area contributed by atoms with Crippen molar-refractivity contribution in [2.45, 2.75) is 13.8 Å². The molecule has 4 nitrogen and oxygen atoms in total. The number of fused-ring (bicyclic) bond motifs is 1. The number of carboxylic acids is 1.